The maximum Gasteiger partial charge on any atom is 0.0558 e. The van der Waals surface area contributed by atoms with Gasteiger partial charge < -0.3 is 10.0 Å². The largest absolute Gasteiger partial charge is 0.395 e. The van der Waals surface area contributed by atoms with Crippen molar-refractivity contribution in [3.05, 3.63) is 0 Å². The van der Waals surface area contributed by atoms with Crippen LogP contribution in [0.15, 0.2) is 0 Å². The summed E-state index contributed by atoms with van der Waals surface area (Å²) in [4.78, 5) is 2.18. The number of nitrogens with zero attached hydrogens (tertiary/aromatic N) is 1. The summed E-state index contributed by atoms with van der Waals surface area (Å²) in [5.41, 5.74) is 0.365. The summed E-state index contributed by atoms with van der Waals surface area (Å²) >= 11 is 0. The fraction of sp³-hybridized carbons (Fsp3) is 1.00. The van der Waals surface area contributed by atoms with E-state index in [2.05, 4.69) is 39.6 Å². The van der Waals surface area contributed by atoms with Crippen molar-refractivity contribution < 1.29 is 5.11 Å². The van der Waals surface area contributed by atoms with E-state index in [1.165, 1.54) is 0 Å². The molecule has 0 saturated heterocycles. The number of hydrogen-bond donors (Lipinski definition) is 1. The van der Waals surface area contributed by atoms with Crippen LogP contribution in [-0.2, 0) is 0 Å². The van der Waals surface area contributed by atoms with E-state index < -0.39 is 0 Å². The minimum Gasteiger partial charge on any atom is -0.395 e. The molecule has 0 aromatic rings. The van der Waals surface area contributed by atoms with Gasteiger partial charge in [0.25, 0.3) is 0 Å². The Kier molecular flexibility index (Phi) is 4.80. The molecule has 0 aromatic heterocycles. The fourth-order valence-electron chi connectivity index (χ4n) is 1.00. The molecule has 1 N–H and O–H groups in total. The molecule has 0 aliphatic carbocycles. The lowest BCUT2D eigenvalue weighted by molar-refractivity contribution is 0.157. The molecule has 0 spiro atoms. The number of aliphatic hydroxyl groups excluding tert-OH is 1. The number of hydrogen-bond acceptors (Lipinski definition) is 2. The molecule has 0 rings (SSSR count). The van der Waals surface area contributed by atoms with E-state index in [-0.39, 0.29) is 6.61 Å². The number of rotatable bonds is 4. The first-order chi connectivity index (χ1) is 5.38. The Labute approximate surface area is 76.6 Å². The van der Waals surface area contributed by atoms with Crippen LogP contribution in [0, 0.1) is 11.3 Å². The summed E-state index contributed by atoms with van der Waals surface area (Å²) < 4.78 is 0. The van der Waals surface area contributed by atoms with E-state index in [0.717, 1.165) is 13.1 Å². The fourth-order valence-corrected chi connectivity index (χ4v) is 1.00. The van der Waals surface area contributed by atoms with Gasteiger partial charge in [0.1, 0.15) is 0 Å². The van der Waals surface area contributed by atoms with Gasteiger partial charge in [-0.2, -0.15) is 0 Å². The van der Waals surface area contributed by atoms with Gasteiger partial charge in [0, 0.05) is 13.1 Å². The lowest BCUT2D eigenvalue weighted by atomic mass is 9.82. The van der Waals surface area contributed by atoms with Gasteiger partial charge in [-0.1, -0.05) is 27.7 Å². The Bertz CT molecular complexity index is 117. The molecule has 1 atom stereocenters. The van der Waals surface area contributed by atoms with E-state index in [4.69, 9.17) is 5.11 Å². The smallest absolute Gasteiger partial charge is 0.0558 e. The van der Waals surface area contributed by atoms with Crippen LogP contribution in [0.3, 0.4) is 0 Å². The predicted octanol–water partition coefficient (Wildman–Crippen LogP) is 1.59. The molecule has 0 bridgehead atoms. The van der Waals surface area contributed by atoms with Crippen LogP contribution >= 0.6 is 0 Å². The molecule has 2 heteroatoms. The van der Waals surface area contributed by atoms with Crippen LogP contribution in [0.4, 0.5) is 0 Å². The first-order valence-electron chi connectivity index (χ1n) is 4.67. The lowest BCUT2D eigenvalue weighted by Gasteiger charge is -2.30. The monoisotopic (exact) mass is 173 g/mol. The first kappa shape index (κ1) is 11.9. The Balaban J connectivity index is 3.76. The summed E-state index contributed by atoms with van der Waals surface area (Å²) in [6.07, 6.45) is 0. The second kappa shape index (κ2) is 4.83. The lowest BCUT2D eigenvalue weighted by Crippen LogP contribution is -2.32. The molecule has 0 aliphatic rings. The van der Waals surface area contributed by atoms with Gasteiger partial charge >= 0.3 is 0 Å². The molecule has 12 heavy (non-hydrogen) atoms. The van der Waals surface area contributed by atoms with Crippen molar-refractivity contribution in [2.75, 3.05) is 26.7 Å². The summed E-state index contributed by atoms with van der Waals surface area (Å²) in [5, 5.41) is 8.71. The Morgan fingerprint density at radius 3 is 2.17 bits per heavy atom. The Hall–Kier alpha value is -0.0800. The van der Waals surface area contributed by atoms with Crippen molar-refractivity contribution in [3.8, 4) is 0 Å². The van der Waals surface area contributed by atoms with Gasteiger partial charge in [-0.3, -0.25) is 0 Å². The molecule has 74 valence electrons. The number of aliphatic hydroxyl groups is 1. The Morgan fingerprint density at radius 2 is 1.83 bits per heavy atom. The zero-order valence-electron chi connectivity index (χ0n) is 9.09. The molecule has 0 fully saturated rings. The highest BCUT2D eigenvalue weighted by molar-refractivity contribution is 4.72. The molecular formula is C10H23NO. The van der Waals surface area contributed by atoms with Crippen LogP contribution < -0.4 is 0 Å². The quantitative estimate of drug-likeness (QED) is 0.698. The normalized spacial score (nSPS) is 15.2. The topological polar surface area (TPSA) is 23.5 Å². The van der Waals surface area contributed by atoms with Crippen LogP contribution in [0.25, 0.3) is 0 Å². The summed E-state index contributed by atoms with van der Waals surface area (Å²) in [7, 11) is 2.05. The third-order valence-electron chi connectivity index (χ3n) is 2.55. The van der Waals surface area contributed by atoms with E-state index in [9.17, 15) is 0 Å². The van der Waals surface area contributed by atoms with Crippen molar-refractivity contribution in [2.45, 2.75) is 27.7 Å². The average molecular weight is 173 g/mol. The van der Waals surface area contributed by atoms with Crippen molar-refractivity contribution in [2.24, 2.45) is 11.3 Å². The maximum absolute atomic E-state index is 8.71. The van der Waals surface area contributed by atoms with Crippen LogP contribution in [0.2, 0.25) is 0 Å². The highest BCUT2D eigenvalue weighted by Gasteiger charge is 2.20. The molecule has 0 aliphatic heterocycles. The maximum atomic E-state index is 8.71. The average Bonchev–Trinajstić information content (AvgIpc) is 1.85. The molecule has 0 heterocycles. The molecular weight excluding hydrogens is 150 g/mol. The summed E-state index contributed by atoms with van der Waals surface area (Å²) in [6.45, 7) is 11.1. The Morgan fingerprint density at radius 1 is 1.33 bits per heavy atom. The van der Waals surface area contributed by atoms with Crippen LogP contribution in [0.1, 0.15) is 27.7 Å². The van der Waals surface area contributed by atoms with Gasteiger partial charge in [0.2, 0.25) is 0 Å². The van der Waals surface area contributed by atoms with E-state index in [1.54, 1.807) is 0 Å². The highest BCUT2D eigenvalue weighted by Crippen LogP contribution is 2.25. The standard InChI is InChI=1S/C10H23NO/c1-9(10(2,3)4)8-11(5)6-7-12/h9,12H,6-8H2,1-5H3. The van der Waals surface area contributed by atoms with Gasteiger partial charge in [-0.15, -0.1) is 0 Å². The molecule has 0 aromatic carbocycles. The predicted molar refractivity (Wildman–Crippen MR) is 53.2 cm³/mol. The van der Waals surface area contributed by atoms with Crippen LogP contribution in [-0.4, -0.2) is 36.8 Å². The zero-order chi connectivity index (χ0) is 9.78. The van der Waals surface area contributed by atoms with Gasteiger partial charge in [-0.05, 0) is 18.4 Å². The molecule has 2 nitrogen and oxygen atoms in total. The van der Waals surface area contributed by atoms with Crippen molar-refractivity contribution in [1.82, 2.24) is 4.90 Å². The van der Waals surface area contributed by atoms with E-state index in [0.29, 0.717) is 11.3 Å². The second-order valence-corrected chi connectivity index (χ2v) is 4.75. The molecule has 0 saturated carbocycles. The van der Waals surface area contributed by atoms with Crippen LogP contribution in [0.5, 0.6) is 0 Å². The zero-order valence-corrected chi connectivity index (χ0v) is 9.09. The summed E-state index contributed by atoms with van der Waals surface area (Å²) in [5.74, 6) is 0.661. The SMILES string of the molecule is CC(CN(C)CCO)C(C)(C)C. The van der Waals surface area contributed by atoms with Crippen molar-refractivity contribution in [1.29, 1.82) is 0 Å². The van der Waals surface area contributed by atoms with Gasteiger partial charge in [0.05, 0.1) is 6.61 Å². The third kappa shape index (κ3) is 4.73. The van der Waals surface area contributed by atoms with E-state index in [1.807, 2.05) is 0 Å². The number of likely N-dealkylation sites (N-methyl/N-ethyl adjacent to an activating group) is 1. The van der Waals surface area contributed by atoms with Gasteiger partial charge in [0.15, 0.2) is 0 Å². The summed E-state index contributed by atoms with van der Waals surface area (Å²) in [6, 6.07) is 0. The van der Waals surface area contributed by atoms with Crippen molar-refractivity contribution in [3.63, 3.8) is 0 Å². The first-order valence-corrected chi connectivity index (χ1v) is 4.67. The van der Waals surface area contributed by atoms with Crippen molar-refractivity contribution >= 4 is 0 Å². The minimum atomic E-state index is 0.257. The molecule has 0 radical (unpaired) electrons. The second-order valence-electron chi connectivity index (χ2n) is 4.75. The van der Waals surface area contributed by atoms with E-state index >= 15 is 0 Å². The van der Waals surface area contributed by atoms with Gasteiger partial charge in [-0.25, -0.2) is 0 Å². The third-order valence-corrected chi connectivity index (χ3v) is 2.55. The minimum absolute atomic E-state index is 0.257. The molecule has 1 unspecified atom stereocenters. The highest BCUT2D eigenvalue weighted by atomic mass is 16.3. The molecule has 0 amide bonds.